The first-order valence-electron chi connectivity index (χ1n) is 8.39. The van der Waals surface area contributed by atoms with E-state index in [1.165, 1.54) is 0 Å². The predicted octanol–water partition coefficient (Wildman–Crippen LogP) is 2.74. The van der Waals surface area contributed by atoms with Gasteiger partial charge in [-0.1, -0.05) is 30.2 Å². The Bertz CT molecular complexity index is 794. The molecule has 2 atom stereocenters. The van der Waals surface area contributed by atoms with Crippen molar-refractivity contribution in [1.82, 2.24) is 4.90 Å². The number of hydrogen-bond donors (Lipinski definition) is 1. The molecule has 2 unspecified atom stereocenters. The lowest BCUT2D eigenvalue weighted by Gasteiger charge is -2.36. The van der Waals surface area contributed by atoms with E-state index in [9.17, 15) is 13.2 Å². The molecule has 0 saturated heterocycles. The summed E-state index contributed by atoms with van der Waals surface area (Å²) in [4.78, 5) is 14.8. The molecule has 2 N–H and O–H groups in total. The normalized spacial score (nSPS) is 24.2. The van der Waals surface area contributed by atoms with Crippen LogP contribution in [-0.2, 0) is 10.0 Å². The van der Waals surface area contributed by atoms with Crippen LogP contribution < -0.4 is 5.14 Å². The van der Waals surface area contributed by atoms with Crippen LogP contribution in [0.1, 0.15) is 55.5 Å². The van der Waals surface area contributed by atoms with E-state index in [2.05, 4.69) is 0 Å². The molecule has 24 heavy (non-hydrogen) atoms. The van der Waals surface area contributed by atoms with Crippen molar-refractivity contribution in [2.45, 2.75) is 45.6 Å². The maximum Gasteiger partial charge on any atom is 0.259 e. The van der Waals surface area contributed by atoms with Crippen molar-refractivity contribution in [3.8, 4) is 0 Å². The second-order valence-electron chi connectivity index (χ2n) is 7.09. The van der Waals surface area contributed by atoms with E-state index >= 15 is 0 Å². The fraction of sp³-hybridized carbons (Fsp3) is 0.500. The molecule has 130 valence electrons. The maximum atomic E-state index is 13.0. The second-order valence-corrected chi connectivity index (χ2v) is 8.74. The number of benzene rings is 1. The Morgan fingerprint density at radius 1 is 1.21 bits per heavy atom. The number of hydrogen-bond acceptors (Lipinski definition) is 3. The zero-order chi connectivity index (χ0) is 17.5. The molecular formula is C18H24N2O3S. The number of sulfonamides is 1. The van der Waals surface area contributed by atoms with E-state index in [4.69, 9.17) is 5.14 Å². The molecule has 1 aromatic carbocycles. The molecule has 0 bridgehead atoms. The summed E-state index contributed by atoms with van der Waals surface area (Å²) in [7, 11) is -3.48. The van der Waals surface area contributed by atoms with Gasteiger partial charge in [-0.25, -0.2) is 13.6 Å². The summed E-state index contributed by atoms with van der Waals surface area (Å²) in [5.41, 5.74) is 3.80. The topological polar surface area (TPSA) is 80.5 Å². The monoisotopic (exact) mass is 348 g/mol. The molecule has 0 spiro atoms. The largest absolute Gasteiger partial charge is 0.305 e. The standard InChI is InChI=1S/C18H24N2O3S/c1-12(2)17-15-8-3-4-9-16(15)18(21)20(17)14-7-5-6-13(10-14)11-24(19,22)23/h3-4,8-9,13-14H,5-7,10-11H2,1-2H3,(H2,19,22,23). The average molecular weight is 348 g/mol. The van der Waals surface area contributed by atoms with Gasteiger partial charge in [-0.3, -0.25) is 4.79 Å². The van der Waals surface area contributed by atoms with Crippen LogP contribution in [0.25, 0.3) is 5.70 Å². The molecule has 2 aliphatic rings. The highest BCUT2D eigenvalue weighted by Gasteiger charge is 2.39. The average Bonchev–Trinajstić information content (AvgIpc) is 2.79. The van der Waals surface area contributed by atoms with E-state index < -0.39 is 10.0 Å². The van der Waals surface area contributed by atoms with Gasteiger partial charge in [-0.2, -0.15) is 0 Å². The Labute approximate surface area is 143 Å². The van der Waals surface area contributed by atoms with Gasteiger partial charge in [0.15, 0.2) is 0 Å². The smallest absolute Gasteiger partial charge is 0.259 e. The van der Waals surface area contributed by atoms with Crippen LogP contribution in [0.3, 0.4) is 0 Å². The minimum absolute atomic E-state index is 0.00261. The molecule has 1 aliphatic carbocycles. The van der Waals surface area contributed by atoms with Crippen LogP contribution in [0.4, 0.5) is 0 Å². The van der Waals surface area contributed by atoms with Gasteiger partial charge >= 0.3 is 0 Å². The number of amides is 1. The number of nitrogens with two attached hydrogens (primary N) is 1. The van der Waals surface area contributed by atoms with E-state index in [0.717, 1.165) is 41.7 Å². The zero-order valence-corrected chi connectivity index (χ0v) is 15.0. The van der Waals surface area contributed by atoms with Gasteiger partial charge in [-0.15, -0.1) is 0 Å². The van der Waals surface area contributed by atoms with Crippen LogP contribution in [0.5, 0.6) is 0 Å². The van der Waals surface area contributed by atoms with Crippen molar-refractivity contribution in [3.63, 3.8) is 0 Å². The number of nitrogens with zero attached hydrogens (tertiary/aromatic N) is 1. The first-order valence-corrected chi connectivity index (χ1v) is 10.1. The van der Waals surface area contributed by atoms with Crippen molar-refractivity contribution in [2.75, 3.05) is 5.75 Å². The molecule has 1 heterocycles. The highest BCUT2D eigenvalue weighted by molar-refractivity contribution is 7.89. The van der Waals surface area contributed by atoms with E-state index in [0.29, 0.717) is 6.42 Å². The summed E-state index contributed by atoms with van der Waals surface area (Å²) >= 11 is 0. The Kier molecular flexibility index (Phi) is 4.53. The fourth-order valence-corrected chi connectivity index (χ4v) is 5.03. The Morgan fingerprint density at radius 3 is 2.50 bits per heavy atom. The van der Waals surface area contributed by atoms with E-state index in [1.807, 2.05) is 43.0 Å². The van der Waals surface area contributed by atoms with Crippen LogP contribution >= 0.6 is 0 Å². The van der Waals surface area contributed by atoms with E-state index in [-0.39, 0.29) is 23.6 Å². The summed E-state index contributed by atoms with van der Waals surface area (Å²) in [6.07, 6.45) is 3.36. The lowest BCUT2D eigenvalue weighted by Crippen LogP contribution is -2.40. The van der Waals surface area contributed by atoms with Gasteiger partial charge in [0.2, 0.25) is 10.0 Å². The predicted molar refractivity (Wildman–Crippen MR) is 94.6 cm³/mol. The molecule has 1 aromatic rings. The highest BCUT2D eigenvalue weighted by Crippen LogP contribution is 2.40. The summed E-state index contributed by atoms with van der Waals surface area (Å²) in [6.45, 7) is 4.03. The SMILES string of the molecule is CC(C)=C1c2ccccc2C(=O)N1C1CCCC(CS(N)(=O)=O)C1. The van der Waals surface area contributed by atoms with Gasteiger partial charge in [0.25, 0.3) is 5.91 Å². The highest BCUT2D eigenvalue weighted by atomic mass is 32.2. The van der Waals surface area contributed by atoms with Crippen LogP contribution in [0.15, 0.2) is 29.8 Å². The molecular weight excluding hydrogens is 324 g/mol. The number of carbonyl (C=O) groups is 1. The van der Waals surface area contributed by atoms with Crippen molar-refractivity contribution in [3.05, 3.63) is 41.0 Å². The quantitative estimate of drug-likeness (QED) is 0.912. The molecule has 0 aromatic heterocycles. The van der Waals surface area contributed by atoms with E-state index in [1.54, 1.807) is 0 Å². The van der Waals surface area contributed by atoms with Gasteiger partial charge < -0.3 is 4.90 Å². The minimum atomic E-state index is -3.48. The minimum Gasteiger partial charge on any atom is -0.305 e. The number of fused-ring (bicyclic) bond motifs is 1. The van der Waals surface area contributed by atoms with Crippen LogP contribution in [0.2, 0.25) is 0 Å². The fourth-order valence-electron chi connectivity index (χ4n) is 4.07. The third kappa shape index (κ3) is 3.26. The summed E-state index contributed by atoms with van der Waals surface area (Å²) in [6, 6.07) is 7.72. The van der Waals surface area contributed by atoms with Gasteiger partial charge in [0.1, 0.15) is 0 Å². The summed E-state index contributed by atoms with van der Waals surface area (Å²) < 4.78 is 22.9. The molecule has 3 rings (SSSR count). The molecule has 5 nitrogen and oxygen atoms in total. The summed E-state index contributed by atoms with van der Waals surface area (Å²) in [5, 5.41) is 5.22. The molecule has 1 amide bonds. The Hall–Kier alpha value is -1.66. The first-order chi connectivity index (χ1) is 11.3. The van der Waals surface area contributed by atoms with Crippen molar-refractivity contribution in [1.29, 1.82) is 0 Å². The second kappa shape index (κ2) is 6.33. The van der Waals surface area contributed by atoms with Crippen LogP contribution in [0, 0.1) is 5.92 Å². The number of allylic oxidation sites excluding steroid dienone is 1. The summed E-state index contributed by atoms with van der Waals surface area (Å²) in [5.74, 6) is 0.0551. The lowest BCUT2D eigenvalue weighted by molar-refractivity contribution is 0.0759. The van der Waals surface area contributed by atoms with Crippen molar-refractivity contribution >= 4 is 21.6 Å². The molecule has 6 heteroatoms. The lowest BCUT2D eigenvalue weighted by atomic mass is 9.86. The molecule has 0 radical (unpaired) electrons. The number of carbonyl (C=O) groups excluding carboxylic acids is 1. The van der Waals surface area contributed by atoms with Gasteiger partial charge in [-0.05, 0) is 45.1 Å². The first kappa shape index (κ1) is 17.2. The number of primary sulfonamides is 1. The molecule has 1 saturated carbocycles. The van der Waals surface area contributed by atoms with Crippen LogP contribution in [-0.4, -0.2) is 31.0 Å². The molecule has 1 fully saturated rings. The van der Waals surface area contributed by atoms with Gasteiger partial charge in [0, 0.05) is 17.2 Å². The van der Waals surface area contributed by atoms with Crippen molar-refractivity contribution < 1.29 is 13.2 Å². The van der Waals surface area contributed by atoms with Gasteiger partial charge in [0.05, 0.1) is 11.4 Å². The zero-order valence-electron chi connectivity index (χ0n) is 14.2. The Morgan fingerprint density at radius 2 is 1.88 bits per heavy atom. The Balaban J connectivity index is 1.91. The number of rotatable bonds is 3. The third-order valence-corrected chi connectivity index (χ3v) is 5.87. The molecule has 1 aliphatic heterocycles. The third-order valence-electron chi connectivity index (χ3n) is 4.93. The van der Waals surface area contributed by atoms with Crippen molar-refractivity contribution in [2.24, 2.45) is 11.1 Å². The maximum absolute atomic E-state index is 13.0.